The van der Waals surface area contributed by atoms with Gasteiger partial charge in [0.15, 0.2) is 0 Å². The Morgan fingerprint density at radius 3 is 2.82 bits per heavy atom. The van der Waals surface area contributed by atoms with Crippen molar-refractivity contribution < 1.29 is 14.6 Å². The number of aliphatic hydroxyl groups excluding tert-OH is 1. The van der Waals surface area contributed by atoms with Crippen LogP contribution in [0.2, 0.25) is 0 Å². The molecule has 1 aliphatic rings. The molecule has 1 aromatic rings. The lowest BCUT2D eigenvalue weighted by Gasteiger charge is -2.47. The minimum Gasteiger partial charge on any atom is -0.464 e. The largest absolute Gasteiger partial charge is 0.464 e. The van der Waals surface area contributed by atoms with Gasteiger partial charge in [0.05, 0.1) is 13.7 Å². The Morgan fingerprint density at radius 1 is 1.50 bits per heavy atom. The average Bonchev–Trinajstić information content (AvgIpc) is 2.91. The molecular weight excluding hydrogens is 280 g/mol. The molecule has 22 heavy (non-hydrogen) atoms. The van der Waals surface area contributed by atoms with Gasteiger partial charge in [-0.1, -0.05) is 20.8 Å². The van der Waals surface area contributed by atoms with E-state index in [-0.39, 0.29) is 23.5 Å². The van der Waals surface area contributed by atoms with Gasteiger partial charge in [-0.2, -0.15) is 0 Å². The lowest BCUT2D eigenvalue weighted by Crippen LogP contribution is -2.54. The number of rotatable bonds is 5. The molecule has 1 fully saturated rings. The molecule has 2 unspecified atom stereocenters. The van der Waals surface area contributed by atoms with Gasteiger partial charge in [-0.3, -0.25) is 0 Å². The molecule has 1 aliphatic carbocycles. The number of methoxy groups -OCH3 is 1. The highest BCUT2D eigenvalue weighted by atomic mass is 16.5. The SMILES string of the molecule is COC(=O)c1cc(CNC2(CO)CC(C)CC(C)(C)C2)c[nH]1. The number of esters is 1. The zero-order chi connectivity index (χ0) is 16.4. The van der Waals surface area contributed by atoms with E-state index in [2.05, 4.69) is 31.1 Å². The first-order valence-electron chi connectivity index (χ1n) is 7.91. The lowest BCUT2D eigenvalue weighted by atomic mass is 9.64. The number of hydrogen-bond acceptors (Lipinski definition) is 4. The van der Waals surface area contributed by atoms with Crippen molar-refractivity contribution in [2.45, 2.75) is 52.1 Å². The Morgan fingerprint density at radius 2 is 2.23 bits per heavy atom. The van der Waals surface area contributed by atoms with Crippen molar-refractivity contribution in [3.8, 4) is 0 Å². The van der Waals surface area contributed by atoms with Crippen molar-refractivity contribution in [2.24, 2.45) is 11.3 Å². The number of aliphatic hydroxyl groups is 1. The molecule has 0 radical (unpaired) electrons. The third-order valence-corrected chi connectivity index (χ3v) is 4.58. The second kappa shape index (κ2) is 6.42. The number of aromatic nitrogens is 1. The lowest BCUT2D eigenvalue weighted by molar-refractivity contribution is 0.0352. The molecule has 2 atom stereocenters. The van der Waals surface area contributed by atoms with Crippen molar-refractivity contribution >= 4 is 5.97 Å². The monoisotopic (exact) mass is 308 g/mol. The summed E-state index contributed by atoms with van der Waals surface area (Å²) in [6.45, 7) is 7.53. The van der Waals surface area contributed by atoms with Gasteiger partial charge in [-0.05, 0) is 42.2 Å². The summed E-state index contributed by atoms with van der Waals surface area (Å²) < 4.78 is 4.70. The number of carbonyl (C=O) groups excluding carboxylic acids is 1. The summed E-state index contributed by atoms with van der Waals surface area (Å²) in [5.74, 6) is 0.218. The maximum absolute atomic E-state index is 11.5. The first kappa shape index (κ1) is 17.0. The first-order valence-corrected chi connectivity index (χ1v) is 7.91. The van der Waals surface area contributed by atoms with Crippen LogP contribution in [-0.4, -0.2) is 35.3 Å². The van der Waals surface area contributed by atoms with E-state index in [1.807, 2.05) is 6.20 Å². The molecule has 0 spiro atoms. The third kappa shape index (κ3) is 3.90. The maximum Gasteiger partial charge on any atom is 0.354 e. The van der Waals surface area contributed by atoms with Crippen LogP contribution in [0.15, 0.2) is 12.3 Å². The summed E-state index contributed by atoms with van der Waals surface area (Å²) in [6.07, 6.45) is 4.92. The highest BCUT2D eigenvalue weighted by Crippen LogP contribution is 2.43. The molecule has 0 aliphatic heterocycles. The number of H-pyrrole nitrogens is 1. The van der Waals surface area contributed by atoms with Crippen molar-refractivity contribution in [2.75, 3.05) is 13.7 Å². The van der Waals surface area contributed by atoms with E-state index in [9.17, 15) is 9.90 Å². The Bertz CT molecular complexity index is 524. The van der Waals surface area contributed by atoms with Gasteiger partial charge in [-0.15, -0.1) is 0 Å². The molecule has 0 bridgehead atoms. The fourth-order valence-electron chi connectivity index (χ4n) is 4.11. The Hall–Kier alpha value is -1.33. The van der Waals surface area contributed by atoms with E-state index in [1.165, 1.54) is 13.5 Å². The zero-order valence-electron chi connectivity index (χ0n) is 14.0. The number of hydrogen-bond donors (Lipinski definition) is 3. The second-order valence-electron chi connectivity index (χ2n) is 7.56. The molecule has 0 amide bonds. The predicted molar refractivity (Wildman–Crippen MR) is 85.6 cm³/mol. The first-order chi connectivity index (χ1) is 10.3. The standard InChI is InChI=1S/C17H28N2O3/c1-12-6-16(2,3)10-17(7-12,11-20)19-9-13-5-14(18-8-13)15(21)22-4/h5,8,12,18-20H,6-7,9-11H2,1-4H3. The van der Waals surface area contributed by atoms with Gasteiger partial charge in [0.1, 0.15) is 5.69 Å². The van der Waals surface area contributed by atoms with Gasteiger partial charge in [0, 0.05) is 18.3 Å². The van der Waals surface area contributed by atoms with E-state index in [0.717, 1.165) is 18.4 Å². The smallest absolute Gasteiger partial charge is 0.354 e. The van der Waals surface area contributed by atoms with Gasteiger partial charge < -0.3 is 20.1 Å². The van der Waals surface area contributed by atoms with Crippen LogP contribution >= 0.6 is 0 Å². The zero-order valence-corrected chi connectivity index (χ0v) is 14.0. The molecule has 1 aromatic heterocycles. The fraction of sp³-hybridized carbons (Fsp3) is 0.706. The van der Waals surface area contributed by atoms with Crippen LogP contribution in [0, 0.1) is 11.3 Å². The normalized spacial score (nSPS) is 27.6. The molecular formula is C17H28N2O3. The molecule has 3 N–H and O–H groups in total. The minimum absolute atomic E-state index is 0.134. The Balaban J connectivity index is 2.04. The summed E-state index contributed by atoms with van der Waals surface area (Å²) in [5.41, 5.74) is 1.42. The van der Waals surface area contributed by atoms with Gasteiger partial charge in [0.25, 0.3) is 0 Å². The molecule has 2 rings (SSSR count). The average molecular weight is 308 g/mol. The van der Waals surface area contributed by atoms with Gasteiger partial charge >= 0.3 is 5.97 Å². The molecule has 1 heterocycles. The second-order valence-corrected chi connectivity index (χ2v) is 7.56. The summed E-state index contributed by atoms with van der Waals surface area (Å²) in [5, 5.41) is 13.5. The number of aromatic amines is 1. The van der Waals surface area contributed by atoms with E-state index in [0.29, 0.717) is 18.2 Å². The molecule has 0 saturated heterocycles. The number of carbonyl (C=O) groups is 1. The van der Waals surface area contributed by atoms with E-state index in [1.54, 1.807) is 6.07 Å². The summed E-state index contributed by atoms with van der Waals surface area (Å²) >= 11 is 0. The van der Waals surface area contributed by atoms with Crippen LogP contribution < -0.4 is 5.32 Å². The van der Waals surface area contributed by atoms with Crippen LogP contribution in [0.4, 0.5) is 0 Å². The topological polar surface area (TPSA) is 74.3 Å². The van der Waals surface area contributed by atoms with E-state index in [4.69, 9.17) is 4.74 Å². The number of nitrogens with one attached hydrogen (secondary N) is 2. The van der Waals surface area contributed by atoms with Crippen molar-refractivity contribution in [1.82, 2.24) is 10.3 Å². The van der Waals surface area contributed by atoms with E-state index >= 15 is 0 Å². The quantitative estimate of drug-likeness (QED) is 0.731. The highest BCUT2D eigenvalue weighted by Gasteiger charge is 2.42. The van der Waals surface area contributed by atoms with Crippen molar-refractivity contribution in [3.05, 3.63) is 23.5 Å². The minimum atomic E-state index is -0.365. The van der Waals surface area contributed by atoms with Gasteiger partial charge in [0.2, 0.25) is 0 Å². The summed E-state index contributed by atoms with van der Waals surface area (Å²) in [7, 11) is 1.37. The fourth-order valence-corrected chi connectivity index (χ4v) is 4.11. The van der Waals surface area contributed by atoms with Crippen LogP contribution in [-0.2, 0) is 11.3 Å². The van der Waals surface area contributed by atoms with Crippen LogP contribution in [0.1, 0.15) is 56.1 Å². The van der Waals surface area contributed by atoms with Crippen LogP contribution in [0.3, 0.4) is 0 Å². The highest BCUT2D eigenvalue weighted by molar-refractivity contribution is 5.87. The Labute approximate surface area is 132 Å². The molecule has 0 aromatic carbocycles. The van der Waals surface area contributed by atoms with Gasteiger partial charge in [-0.25, -0.2) is 4.79 Å². The molecule has 1 saturated carbocycles. The molecule has 5 heteroatoms. The van der Waals surface area contributed by atoms with Crippen molar-refractivity contribution in [3.63, 3.8) is 0 Å². The number of ether oxygens (including phenoxy) is 1. The summed E-state index contributed by atoms with van der Waals surface area (Å²) in [4.78, 5) is 14.4. The van der Waals surface area contributed by atoms with Crippen LogP contribution in [0.5, 0.6) is 0 Å². The Kier molecular flexibility index (Phi) is 4.97. The predicted octanol–water partition coefficient (Wildman–Crippen LogP) is 2.47. The third-order valence-electron chi connectivity index (χ3n) is 4.58. The molecule has 124 valence electrons. The summed E-state index contributed by atoms with van der Waals surface area (Å²) in [6, 6.07) is 1.79. The van der Waals surface area contributed by atoms with Crippen molar-refractivity contribution in [1.29, 1.82) is 0 Å². The van der Waals surface area contributed by atoms with E-state index < -0.39 is 0 Å². The molecule has 5 nitrogen and oxygen atoms in total. The maximum atomic E-state index is 11.5. The van der Waals surface area contributed by atoms with Crippen LogP contribution in [0.25, 0.3) is 0 Å².